The van der Waals surface area contributed by atoms with E-state index < -0.39 is 15.8 Å². The van der Waals surface area contributed by atoms with Crippen LogP contribution in [-0.2, 0) is 16.6 Å². The van der Waals surface area contributed by atoms with E-state index in [0.717, 1.165) is 6.07 Å². The Balaban J connectivity index is 2.22. The summed E-state index contributed by atoms with van der Waals surface area (Å²) in [7, 11) is -3.74. The van der Waals surface area contributed by atoms with Crippen molar-refractivity contribution < 1.29 is 12.8 Å². The van der Waals surface area contributed by atoms with Gasteiger partial charge in [-0.1, -0.05) is 29.3 Å². The maximum Gasteiger partial charge on any atom is 0.241 e. The number of nitrogens with one attached hydrogen (secondary N) is 1. The highest BCUT2D eigenvalue weighted by atomic mass is 35.5. The summed E-state index contributed by atoms with van der Waals surface area (Å²) < 4.78 is 39.9. The number of rotatable bonds is 4. The van der Waals surface area contributed by atoms with Gasteiger partial charge in [-0.3, -0.25) is 0 Å². The fourth-order valence-electron chi connectivity index (χ4n) is 1.83. The minimum atomic E-state index is -3.74. The summed E-state index contributed by atoms with van der Waals surface area (Å²) in [4.78, 5) is 0.0361. The first-order chi connectivity index (χ1) is 9.79. The Labute approximate surface area is 132 Å². The smallest absolute Gasteiger partial charge is 0.207 e. The molecule has 0 unspecified atom stereocenters. The number of halogens is 3. The Morgan fingerprint density at radius 3 is 2.48 bits per heavy atom. The molecule has 0 amide bonds. The van der Waals surface area contributed by atoms with Gasteiger partial charge in [-0.25, -0.2) is 17.5 Å². The molecule has 2 aromatic rings. The third kappa shape index (κ3) is 3.95. The van der Waals surface area contributed by atoms with Crippen LogP contribution in [0.4, 0.5) is 4.39 Å². The van der Waals surface area contributed by atoms with Crippen molar-refractivity contribution >= 4 is 33.2 Å². The van der Waals surface area contributed by atoms with Gasteiger partial charge >= 0.3 is 0 Å². The van der Waals surface area contributed by atoms with E-state index >= 15 is 0 Å². The average molecular weight is 348 g/mol. The first-order valence-corrected chi connectivity index (χ1v) is 8.23. The van der Waals surface area contributed by atoms with Crippen molar-refractivity contribution in [3.63, 3.8) is 0 Å². The largest absolute Gasteiger partial charge is 0.241 e. The van der Waals surface area contributed by atoms with Crippen LogP contribution in [0.25, 0.3) is 0 Å². The molecule has 0 aliphatic heterocycles. The summed E-state index contributed by atoms with van der Waals surface area (Å²) in [5, 5.41) is 0.849. The Morgan fingerprint density at radius 2 is 1.86 bits per heavy atom. The predicted octanol–water partition coefficient (Wildman–Crippen LogP) is 3.92. The van der Waals surface area contributed by atoms with Gasteiger partial charge in [0.2, 0.25) is 10.0 Å². The third-order valence-electron chi connectivity index (χ3n) is 2.89. The Kier molecular flexibility index (Phi) is 4.88. The molecule has 21 heavy (non-hydrogen) atoms. The van der Waals surface area contributed by atoms with Gasteiger partial charge in [-0.2, -0.15) is 0 Å². The van der Waals surface area contributed by atoms with E-state index in [4.69, 9.17) is 23.2 Å². The van der Waals surface area contributed by atoms with Gasteiger partial charge in [0.15, 0.2) is 0 Å². The maximum absolute atomic E-state index is 13.0. The zero-order valence-corrected chi connectivity index (χ0v) is 13.4. The van der Waals surface area contributed by atoms with E-state index in [1.807, 2.05) is 0 Å². The topological polar surface area (TPSA) is 46.2 Å². The van der Waals surface area contributed by atoms with Crippen molar-refractivity contribution in [1.29, 1.82) is 0 Å². The third-order valence-corrected chi connectivity index (χ3v) is 5.04. The van der Waals surface area contributed by atoms with Crippen LogP contribution < -0.4 is 4.72 Å². The molecule has 0 aliphatic carbocycles. The van der Waals surface area contributed by atoms with Gasteiger partial charge in [0, 0.05) is 16.6 Å². The number of aryl methyl sites for hydroxylation is 1. The normalized spacial score (nSPS) is 11.6. The fourth-order valence-corrected chi connectivity index (χ4v) is 3.54. The molecule has 7 heteroatoms. The molecule has 0 saturated carbocycles. The SMILES string of the molecule is Cc1cc(F)ccc1S(=O)(=O)NCc1ccc(Cl)cc1Cl. The molecule has 0 radical (unpaired) electrons. The second kappa shape index (κ2) is 6.32. The lowest BCUT2D eigenvalue weighted by atomic mass is 10.2. The highest BCUT2D eigenvalue weighted by Crippen LogP contribution is 2.22. The molecule has 2 rings (SSSR count). The molecule has 0 fully saturated rings. The van der Waals surface area contributed by atoms with E-state index in [-0.39, 0.29) is 11.4 Å². The first-order valence-electron chi connectivity index (χ1n) is 5.99. The molecule has 0 heterocycles. The molecule has 0 saturated heterocycles. The number of benzene rings is 2. The lowest BCUT2D eigenvalue weighted by Crippen LogP contribution is -2.24. The molecule has 0 aliphatic rings. The lowest BCUT2D eigenvalue weighted by molar-refractivity contribution is 0.579. The van der Waals surface area contributed by atoms with Crippen LogP contribution in [0.5, 0.6) is 0 Å². The Morgan fingerprint density at radius 1 is 1.14 bits per heavy atom. The van der Waals surface area contributed by atoms with Crippen LogP contribution in [0.2, 0.25) is 10.0 Å². The first kappa shape index (κ1) is 16.2. The van der Waals surface area contributed by atoms with Crippen LogP contribution in [0.15, 0.2) is 41.3 Å². The highest BCUT2D eigenvalue weighted by molar-refractivity contribution is 7.89. The molecule has 1 N–H and O–H groups in total. The fraction of sp³-hybridized carbons (Fsp3) is 0.143. The van der Waals surface area contributed by atoms with Crippen molar-refractivity contribution in [2.24, 2.45) is 0 Å². The van der Waals surface area contributed by atoms with Gasteiger partial charge in [0.05, 0.1) is 4.90 Å². The van der Waals surface area contributed by atoms with Gasteiger partial charge in [-0.15, -0.1) is 0 Å². The van der Waals surface area contributed by atoms with Crippen LogP contribution in [0.3, 0.4) is 0 Å². The predicted molar refractivity (Wildman–Crippen MR) is 81.6 cm³/mol. The quantitative estimate of drug-likeness (QED) is 0.910. The Bertz CT molecular complexity index is 779. The standard InChI is InChI=1S/C14H12Cl2FNO2S/c1-9-6-12(17)4-5-14(9)21(19,20)18-8-10-2-3-11(15)7-13(10)16/h2-7,18H,8H2,1H3. The van der Waals surface area contributed by atoms with E-state index in [9.17, 15) is 12.8 Å². The van der Waals surface area contributed by atoms with E-state index in [1.165, 1.54) is 25.1 Å². The summed E-state index contributed by atoms with van der Waals surface area (Å²) in [5.41, 5.74) is 0.939. The van der Waals surface area contributed by atoms with Crippen molar-refractivity contribution in [3.05, 3.63) is 63.4 Å². The molecule has 2 aromatic carbocycles. The molecule has 0 aromatic heterocycles. The number of hydrogen-bond acceptors (Lipinski definition) is 2. The molecule has 3 nitrogen and oxygen atoms in total. The molecule has 0 spiro atoms. The summed E-state index contributed by atoms with van der Waals surface area (Å²) >= 11 is 11.8. The minimum absolute atomic E-state index is 0.0230. The second-order valence-corrected chi connectivity index (χ2v) is 7.05. The van der Waals surface area contributed by atoms with Gasteiger partial charge in [-0.05, 0) is 48.4 Å². The maximum atomic E-state index is 13.0. The number of hydrogen-bond donors (Lipinski definition) is 1. The van der Waals surface area contributed by atoms with Crippen LogP contribution in [0, 0.1) is 12.7 Å². The molecular formula is C14H12Cl2FNO2S. The van der Waals surface area contributed by atoms with E-state index in [1.54, 1.807) is 12.1 Å². The van der Waals surface area contributed by atoms with Crippen molar-refractivity contribution in [2.75, 3.05) is 0 Å². The second-order valence-electron chi connectivity index (χ2n) is 4.47. The highest BCUT2D eigenvalue weighted by Gasteiger charge is 2.17. The van der Waals surface area contributed by atoms with Crippen LogP contribution in [-0.4, -0.2) is 8.42 Å². The zero-order chi connectivity index (χ0) is 15.6. The van der Waals surface area contributed by atoms with Crippen LogP contribution >= 0.6 is 23.2 Å². The van der Waals surface area contributed by atoms with Crippen molar-refractivity contribution in [2.45, 2.75) is 18.4 Å². The summed E-state index contributed by atoms with van der Waals surface area (Å²) in [6, 6.07) is 8.32. The van der Waals surface area contributed by atoms with Crippen molar-refractivity contribution in [3.8, 4) is 0 Å². The minimum Gasteiger partial charge on any atom is -0.207 e. The molecule has 0 atom stereocenters. The average Bonchev–Trinajstić information content (AvgIpc) is 2.37. The van der Waals surface area contributed by atoms with E-state index in [2.05, 4.69) is 4.72 Å². The van der Waals surface area contributed by atoms with Gasteiger partial charge < -0.3 is 0 Å². The van der Waals surface area contributed by atoms with Gasteiger partial charge in [0.25, 0.3) is 0 Å². The number of sulfonamides is 1. The summed E-state index contributed by atoms with van der Waals surface area (Å²) in [5.74, 6) is -0.479. The van der Waals surface area contributed by atoms with E-state index in [0.29, 0.717) is 21.2 Å². The molecular weight excluding hydrogens is 336 g/mol. The summed E-state index contributed by atoms with van der Waals surface area (Å²) in [6.07, 6.45) is 0. The van der Waals surface area contributed by atoms with Crippen molar-refractivity contribution in [1.82, 2.24) is 4.72 Å². The lowest BCUT2D eigenvalue weighted by Gasteiger charge is -2.10. The van der Waals surface area contributed by atoms with Gasteiger partial charge in [0.1, 0.15) is 5.82 Å². The molecule has 112 valence electrons. The Hall–Kier alpha value is -1.14. The van der Waals surface area contributed by atoms with Crippen LogP contribution in [0.1, 0.15) is 11.1 Å². The zero-order valence-electron chi connectivity index (χ0n) is 11.0. The molecule has 0 bridgehead atoms. The summed E-state index contributed by atoms with van der Waals surface area (Å²) in [6.45, 7) is 1.56. The monoisotopic (exact) mass is 347 g/mol.